The summed E-state index contributed by atoms with van der Waals surface area (Å²) in [7, 11) is 0. The van der Waals surface area contributed by atoms with Crippen LogP contribution in [0, 0.1) is 6.92 Å². The van der Waals surface area contributed by atoms with E-state index < -0.39 is 122 Å². The van der Waals surface area contributed by atoms with Crippen LogP contribution in [0.2, 0.25) is 0 Å². The molecule has 0 radical (unpaired) electrons. The van der Waals surface area contributed by atoms with Gasteiger partial charge in [0.1, 0.15) is 6.61 Å². The molecule has 18 heteroatoms. The van der Waals surface area contributed by atoms with E-state index in [1.54, 1.807) is 10.6 Å². The van der Waals surface area contributed by atoms with Gasteiger partial charge in [-0.3, -0.25) is 14.4 Å². The van der Waals surface area contributed by atoms with Crippen LogP contribution in [-0.2, 0) is 17.1 Å². The van der Waals surface area contributed by atoms with Crippen molar-refractivity contribution in [2.45, 2.75) is 31.5 Å². The van der Waals surface area contributed by atoms with Gasteiger partial charge in [-0.25, -0.2) is 0 Å². The Bertz CT molecular complexity index is 1050. The van der Waals surface area contributed by atoms with E-state index in [-0.39, 0.29) is 4.90 Å². The highest BCUT2D eigenvalue weighted by Gasteiger charge is 2.50. The summed E-state index contributed by atoms with van der Waals surface area (Å²) in [5.74, 6) is -5.40. The van der Waals surface area contributed by atoms with Crippen LogP contribution < -0.4 is 15.5 Å². The molecular weight excluding hydrogens is 552 g/mol. The number of alkyl halides is 6. The standard InChI is InChI=1S/C21H27F6N3O9/c1-9-13(18(38)28-4-10(35)6-32)15(20(22,23)24)14(19(39)29-5-11(36)7-33)16(21(25,26)27)17(9)30(2-3-31)12(37)8-34/h10-11,31-36H,2-8H2,1H3,(H,28,38)(H,29,39). The van der Waals surface area contributed by atoms with Crippen LogP contribution in [0.25, 0.3) is 0 Å². The third-order valence-electron chi connectivity index (χ3n) is 5.19. The lowest BCUT2D eigenvalue weighted by Crippen LogP contribution is -2.42. The Labute approximate surface area is 216 Å². The first-order valence-electron chi connectivity index (χ1n) is 11.0. The molecule has 0 aliphatic carbocycles. The lowest BCUT2D eigenvalue weighted by atomic mass is 9.87. The third-order valence-corrected chi connectivity index (χ3v) is 5.19. The van der Waals surface area contributed by atoms with Crippen LogP contribution in [0.1, 0.15) is 37.4 Å². The summed E-state index contributed by atoms with van der Waals surface area (Å²) in [5, 5.41) is 58.7. The lowest BCUT2D eigenvalue weighted by Gasteiger charge is -2.31. The summed E-state index contributed by atoms with van der Waals surface area (Å²) in [6, 6.07) is 0. The number of nitrogens with one attached hydrogen (secondary N) is 2. The summed E-state index contributed by atoms with van der Waals surface area (Å²) >= 11 is 0. The van der Waals surface area contributed by atoms with E-state index in [1.165, 1.54) is 0 Å². The van der Waals surface area contributed by atoms with Gasteiger partial charge in [-0.1, -0.05) is 0 Å². The maximum absolute atomic E-state index is 14.4. The van der Waals surface area contributed by atoms with Crippen molar-refractivity contribution >= 4 is 23.4 Å². The van der Waals surface area contributed by atoms with E-state index in [1.807, 2.05) is 0 Å². The van der Waals surface area contributed by atoms with E-state index in [4.69, 9.17) is 10.2 Å². The molecule has 0 spiro atoms. The zero-order chi connectivity index (χ0) is 30.3. The molecule has 3 amide bonds. The van der Waals surface area contributed by atoms with Crippen molar-refractivity contribution in [1.29, 1.82) is 0 Å². The number of anilines is 1. The van der Waals surface area contributed by atoms with Crippen LogP contribution in [-0.4, -0.2) is 107 Å². The van der Waals surface area contributed by atoms with Gasteiger partial charge in [0.15, 0.2) is 0 Å². The lowest BCUT2D eigenvalue weighted by molar-refractivity contribution is -0.143. The molecule has 2 unspecified atom stereocenters. The highest BCUT2D eigenvalue weighted by atomic mass is 19.4. The van der Waals surface area contributed by atoms with Gasteiger partial charge in [0.2, 0.25) is 0 Å². The molecule has 39 heavy (non-hydrogen) atoms. The van der Waals surface area contributed by atoms with E-state index in [9.17, 15) is 61.2 Å². The Morgan fingerprint density at radius 1 is 0.795 bits per heavy atom. The molecule has 0 heterocycles. The highest BCUT2D eigenvalue weighted by Crippen LogP contribution is 2.48. The Balaban J connectivity index is 4.35. The number of nitrogens with zero attached hydrogens (tertiary/aromatic N) is 1. The minimum Gasteiger partial charge on any atom is -0.395 e. The second-order valence-electron chi connectivity index (χ2n) is 7.99. The molecule has 2 atom stereocenters. The zero-order valence-corrected chi connectivity index (χ0v) is 20.2. The van der Waals surface area contributed by atoms with Crippen molar-refractivity contribution in [1.82, 2.24) is 10.6 Å². The predicted molar refractivity (Wildman–Crippen MR) is 119 cm³/mol. The minimum atomic E-state index is -5.82. The SMILES string of the molecule is Cc1c(C(=O)NCC(O)CO)c(C(F)(F)F)c(C(=O)NCC(O)CO)c(C(F)(F)F)c1N(CCO)C(=O)CO. The van der Waals surface area contributed by atoms with Crippen molar-refractivity contribution < 1.29 is 71.4 Å². The van der Waals surface area contributed by atoms with Crippen molar-refractivity contribution in [3.63, 3.8) is 0 Å². The Hall–Kier alpha value is -3.03. The van der Waals surface area contributed by atoms with Gasteiger partial charge in [0.25, 0.3) is 17.7 Å². The van der Waals surface area contributed by atoms with Crippen molar-refractivity contribution in [3.8, 4) is 0 Å². The number of rotatable bonds is 12. The quantitative estimate of drug-likeness (QED) is 0.136. The molecule has 0 aliphatic rings. The Morgan fingerprint density at radius 2 is 1.23 bits per heavy atom. The van der Waals surface area contributed by atoms with E-state index >= 15 is 0 Å². The first-order valence-corrected chi connectivity index (χ1v) is 11.0. The average molecular weight is 579 g/mol. The van der Waals surface area contributed by atoms with E-state index in [0.717, 1.165) is 0 Å². The predicted octanol–water partition coefficient (Wildman–Crippen LogP) is -1.48. The second kappa shape index (κ2) is 13.9. The fourth-order valence-electron chi connectivity index (χ4n) is 3.54. The van der Waals surface area contributed by atoms with Gasteiger partial charge in [-0.05, 0) is 12.5 Å². The maximum atomic E-state index is 14.4. The molecule has 222 valence electrons. The van der Waals surface area contributed by atoms with Gasteiger partial charge in [0.05, 0.1) is 60.0 Å². The molecule has 0 saturated carbocycles. The number of hydrogen-bond donors (Lipinski definition) is 8. The molecule has 1 aromatic carbocycles. The topological polar surface area (TPSA) is 200 Å². The number of benzene rings is 1. The Morgan fingerprint density at radius 3 is 1.59 bits per heavy atom. The third kappa shape index (κ3) is 8.23. The average Bonchev–Trinajstić information content (AvgIpc) is 2.86. The molecule has 0 fully saturated rings. The smallest absolute Gasteiger partial charge is 0.395 e. The van der Waals surface area contributed by atoms with Gasteiger partial charge in [-0.15, -0.1) is 0 Å². The van der Waals surface area contributed by atoms with E-state index in [2.05, 4.69) is 0 Å². The van der Waals surface area contributed by atoms with Gasteiger partial charge >= 0.3 is 12.4 Å². The van der Waals surface area contributed by atoms with Gasteiger partial charge < -0.3 is 46.2 Å². The molecule has 0 aromatic heterocycles. The molecule has 1 aromatic rings. The van der Waals surface area contributed by atoms with Crippen molar-refractivity contribution in [3.05, 3.63) is 27.8 Å². The number of amides is 3. The number of halogens is 6. The first kappa shape index (κ1) is 34.0. The number of aliphatic hydroxyl groups is 6. The zero-order valence-electron chi connectivity index (χ0n) is 20.2. The summed E-state index contributed by atoms with van der Waals surface area (Å²) in [6.07, 6.45) is -15.1. The van der Waals surface area contributed by atoms with Crippen LogP contribution >= 0.6 is 0 Å². The monoisotopic (exact) mass is 579 g/mol. The summed E-state index contributed by atoms with van der Waals surface area (Å²) in [6.45, 7) is -6.83. The fourth-order valence-corrected chi connectivity index (χ4v) is 3.54. The number of hydrogen-bond acceptors (Lipinski definition) is 9. The number of aliphatic hydroxyl groups excluding tert-OH is 6. The van der Waals surface area contributed by atoms with Gasteiger partial charge in [-0.2, -0.15) is 26.3 Å². The molecule has 12 nitrogen and oxygen atoms in total. The molecule has 8 N–H and O–H groups in total. The molecule has 0 saturated heterocycles. The maximum Gasteiger partial charge on any atom is 0.419 e. The van der Waals surface area contributed by atoms with E-state index in [0.29, 0.717) is 6.92 Å². The Kier molecular flexibility index (Phi) is 12.1. The summed E-state index contributed by atoms with van der Waals surface area (Å²) < 4.78 is 86.3. The number of carbonyl (C=O) groups is 3. The molecule has 0 bridgehead atoms. The second-order valence-corrected chi connectivity index (χ2v) is 7.99. The molecule has 1 rings (SSSR count). The van der Waals surface area contributed by atoms with Gasteiger partial charge in [0, 0.05) is 19.6 Å². The molecule has 0 aliphatic heterocycles. The first-order chi connectivity index (χ1) is 18.0. The van der Waals surface area contributed by atoms with Crippen molar-refractivity contribution in [2.24, 2.45) is 0 Å². The van der Waals surface area contributed by atoms with Crippen LogP contribution in [0.4, 0.5) is 32.0 Å². The summed E-state index contributed by atoms with van der Waals surface area (Å²) in [4.78, 5) is 38.1. The highest BCUT2D eigenvalue weighted by molar-refractivity contribution is 6.09. The minimum absolute atomic E-state index is 0.0526. The van der Waals surface area contributed by atoms with Crippen molar-refractivity contribution in [2.75, 3.05) is 51.0 Å². The van der Waals surface area contributed by atoms with Crippen LogP contribution in [0.5, 0.6) is 0 Å². The molecular formula is C21H27F6N3O9. The normalized spacial score (nSPS) is 13.6. The fraction of sp³-hybridized carbons (Fsp3) is 0.571. The number of carbonyl (C=O) groups excluding carboxylic acids is 3. The van der Waals surface area contributed by atoms with Crippen LogP contribution in [0.3, 0.4) is 0 Å². The largest absolute Gasteiger partial charge is 0.419 e. The summed E-state index contributed by atoms with van der Waals surface area (Å²) in [5.41, 5.74) is -11.1. The van der Waals surface area contributed by atoms with Crippen LogP contribution in [0.15, 0.2) is 0 Å².